The van der Waals surface area contributed by atoms with E-state index < -0.39 is 18.0 Å². The molecule has 0 unspecified atom stereocenters. The Morgan fingerprint density at radius 1 is 1.62 bits per heavy atom. The number of carbonyl (C=O) groups is 2. The zero-order chi connectivity index (χ0) is 12.0. The molecule has 1 heterocycles. The fourth-order valence-corrected chi connectivity index (χ4v) is 1.05. The highest BCUT2D eigenvalue weighted by molar-refractivity contribution is 5.82. The lowest BCUT2D eigenvalue weighted by molar-refractivity contribution is -0.139. The number of rotatable bonds is 5. The summed E-state index contributed by atoms with van der Waals surface area (Å²) < 4.78 is 4.75. The first-order chi connectivity index (χ1) is 7.63. The fourth-order valence-electron chi connectivity index (χ4n) is 1.05. The van der Waals surface area contributed by atoms with Crippen molar-refractivity contribution in [1.82, 2.24) is 15.8 Å². The molecule has 0 radical (unpaired) electrons. The molecule has 88 valence electrons. The second kappa shape index (κ2) is 5.74. The number of amides is 2. The van der Waals surface area contributed by atoms with Gasteiger partial charge in [0, 0.05) is 6.07 Å². The molecule has 2 amide bonds. The van der Waals surface area contributed by atoms with Crippen molar-refractivity contribution in [1.29, 1.82) is 0 Å². The molecule has 16 heavy (non-hydrogen) atoms. The summed E-state index contributed by atoms with van der Waals surface area (Å²) in [6.45, 7) is 1.84. The van der Waals surface area contributed by atoms with Crippen molar-refractivity contribution in [3.05, 3.63) is 18.0 Å². The summed E-state index contributed by atoms with van der Waals surface area (Å²) in [6, 6.07) is 0.176. The van der Waals surface area contributed by atoms with Gasteiger partial charge < -0.3 is 20.3 Å². The Morgan fingerprint density at radius 2 is 2.38 bits per heavy atom. The number of carboxylic acid groups (broad SMARTS) is 1. The Kier molecular flexibility index (Phi) is 4.31. The number of aromatic nitrogens is 1. The Labute approximate surface area is 91.8 Å². The second-order valence-electron chi connectivity index (χ2n) is 3.10. The van der Waals surface area contributed by atoms with Crippen LogP contribution in [0.25, 0.3) is 0 Å². The zero-order valence-electron chi connectivity index (χ0n) is 8.77. The van der Waals surface area contributed by atoms with Crippen LogP contribution in [0.15, 0.2) is 16.8 Å². The summed E-state index contributed by atoms with van der Waals surface area (Å²) in [5, 5.41) is 16.9. The molecule has 3 N–H and O–H groups in total. The predicted octanol–water partition coefficient (Wildman–Crippen LogP) is 0.337. The molecule has 0 aromatic carbocycles. The topological polar surface area (TPSA) is 104 Å². The molecule has 0 saturated heterocycles. The van der Waals surface area contributed by atoms with Crippen molar-refractivity contribution in [3.63, 3.8) is 0 Å². The smallest absolute Gasteiger partial charge is 0.326 e. The van der Waals surface area contributed by atoms with E-state index in [1.807, 2.05) is 0 Å². The van der Waals surface area contributed by atoms with Gasteiger partial charge in [-0.1, -0.05) is 12.1 Å². The van der Waals surface area contributed by atoms with Gasteiger partial charge in [0.25, 0.3) is 0 Å². The lowest BCUT2D eigenvalue weighted by atomic mass is 10.2. The molecule has 0 aliphatic carbocycles. The lowest BCUT2D eigenvalue weighted by Gasteiger charge is -2.12. The largest absolute Gasteiger partial charge is 0.480 e. The van der Waals surface area contributed by atoms with Crippen LogP contribution in [-0.4, -0.2) is 28.3 Å². The molecule has 0 fully saturated rings. The van der Waals surface area contributed by atoms with Crippen LogP contribution < -0.4 is 10.6 Å². The molecular formula is C9H13N3O4. The first-order valence-corrected chi connectivity index (χ1v) is 4.80. The van der Waals surface area contributed by atoms with Crippen molar-refractivity contribution < 1.29 is 19.2 Å². The molecule has 0 aliphatic heterocycles. The fraction of sp³-hybridized carbons (Fsp3) is 0.444. The second-order valence-corrected chi connectivity index (χ2v) is 3.10. The predicted molar refractivity (Wildman–Crippen MR) is 53.6 cm³/mol. The molecule has 0 bridgehead atoms. The minimum Gasteiger partial charge on any atom is -0.480 e. The standard InChI is InChI=1S/C9H13N3O4/c1-2-7(8(13)14)12-9(15)10-5-6-3-4-11-16-6/h3-4,7H,2,5H2,1H3,(H,13,14)(H2,10,12,15)/t7-/m0/s1. The van der Waals surface area contributed by atoms with Crippen LogP contribution in [0.5, 0.6) is 0 Å². The molecule has 1 atom stereocenters. The lowest BCUT2D eigenvalue weighted by Crippen LogP contribution is -2.45. The molecule has 0 saturated carbocycles. The molecular weight excluding hydrogens is 214 g/mol. The van der Waals surface area contributed by atoms with Crippen LogP contribution in [0.1, 0.15) is 19.1 Å². The normalized spacial score (nSPS) is 11.8. The van der Waals surface area contributed by atoms with Crippen molar-refractivity contribution in [2.24, 2.45) is 0 Å². The Morgan fingerprint density at radius 3 is 2.88 bits per heavy atom. The summed E-state index contributed by atoms with van der Waals surface area (Å²) in [5.41, 5.74) is 0. The van der Waals surface area contributed by atoms with Crippen LogP contribution in [0.3, 0.4) is 0 Å². The number of hydrogen-bond donors (Lipinski definition) is 3. The third-order valence-corrected chi connectivity index (χ3v) is 1.93. The molecule has 0 aliphatic rings. The number of aliphatic carboxylic acids is 1. The first kappa shape index (κ1) is 12.0. The summed E-state index contributed by atoms with van der Waals surface area (Å²) >= 11 is 0. The summed E-state index contributed by atoms with van der Waals surface area (Å²) in [4.78, 5) is 21.9. The third-order valence-electron chi connectivity index (χ3n) is 1.93. The SMILES string of the molecule is CC[C@H](NC(=O)NCc1ccno1)C(=O)O. The van der Waals surface area contributed by atoms with E-state index in [0.717, 1.165) is 0 Å². The molecule has 1 rings (SSSR count). The first-order valence-electron chi connectivity index (χ1n) is 4.80. The van der Waals surface area contributed by atoms with Gasteiger partial charge in [-0.05, 0) is 6.42 Å². The average Bonchev–Trinajstić information content (AvgIpc) is 2.75. The zero-order valence-corrected chi connectivity index (χ0v) is 8.77. The van der Waals surface area contributed by atoms with Gasteiger partial charge in [-0.15, -0.1) is 0 Å². The molecule has 0 spiro atoms. The van der Waals surface area contributed by atoms with Crippen LogP contribution in [0, 0.1) is 0 Å². The van der Waals surface area contributed by atoms with E-state index in [-0.39, 0.29) is 6.54 Å². The van der Waals surface area contributed by atoms with Gasteiger partial charge in [-0.25, -0.2) is 9.59 Å². The number of nitrogens with zero attached hydrogens (tertiary/aromatic N) is 1. The van der Waals surface area contributed by atoms with Gasteiger partial charge in [0.2, 0.25) is 0 Å². The van der Waals surface area contributed by atoms with Gasteiger partial charge in [0.15, 0.2) is 5.76 Å². The van der Waals surface area contributed by atoms with Gasteiger partial charge >= 0.3 is 12.0 Å². The molecule has 7 heteroatoms. The molecule has 7 nitrogen and oxygen atoms in total. The van der Waals surface area contributed by atoms with E-state index in [1.165, 1.54) is 6.20 Å². The van der Waals surface area contributed by atoms with E-state index in [2.05, 4.69) is 15.8 Å². The number of hydrogen-bond acceptors (Lipinski definition) is 4. The maximum Gasteiger partial charge on any atom is 0.326 e. The molecule has 1 aromatic heterocycles. The maximum absolute atomic E-state index is 11.3. The Bertz CT molecular complexity index is 350. The highest BCUT2D eigenvalue weighted by atomic mass is 16.5. The number of carboxylic acids is 1. The Balaban J connectivity index is 2.33. The maximum atomic E-state index is 11.3. The monoisotopic (exact) mass is 227 g/mol. The highest BCUT2D eigenvalue weighted by Gasteiger charge is 2.17. The van der Waals surface area contributed by atoms with Gasteiger partial charge in [0.05, 0.1) is 12.7 Å². The minimum atomic E-state index is -1.06. The average molecular weight is 227 g/mol. The minimum absolute atomic E-state index is 0.169. The van der Waals surface area contributed by atoms with Crippen molar-refractivity contribution in [3.8, 4) is 0 Å². The van der Waals surface area contributed by atoms with Gasteiger partial charge in [-0.3, -0.25) is 0 Å². The quantitative estimate of drug-likeness (QED) is 0.672. The highest BCUT2D eigenvalue weighted by Crippen LogP contribution is 1.95. The van der Waals surface area contributed by atoms with Crippen LogP contribution in [0.2, 0.25) is 0 Å². The van der Waals surface area contributed by atoms with Crippen LogP contribution in [0.4, 0.5) is 4.79 Å². The van der Waals surface area contributed by atoms with Crippen LogP contribution >= 0.6 is 0 Å². The van der Waals surface area contributed by atoms with Crippen molar-refractivity contribution >= 4 is 12.0 Å². The summed E-state index contributed by atoms with van der Waals surface area (Å²) in [5.74, 6) is -0.559. The molecule has 1 aromatic rings. The number of urea groups is 1. The van der Waals surface area contributed by atoms with Crippen molar-refractivity contribution in [2.75, 3.05) is 0 Å². The van der Waals surface area contributed by atoms with E-state index >= 15 is 0 Å². The number of nitrogens with one attached hydrogen (secondary N) is 2. The summed E-state index contributed by atoms with van der Waals surface area (Å²) in [6.07, 6.45) is 1.78. The van der Waals surface area contributed by atoms with Gasteiger partial charge in [0.1, 0.15) is 6.04 Å². The van der Waals surface area contributed by atoms with Crippen molar-refractivity contribution in [2.45, 2.75) is 25.9 Å². The van der Waals surface area contributed by atoms with E-state index in [4.69, 9.17) is 9.63 Å². The Hall–Kier alpha value is -2.05. The van der Waals surface area contributed by atoms with Crippen LogP contribution in [-0.2, 0) is 11.3 Å². The summed E-state index contributed by atoms with van der Waals surface area (Å²) in [7, 11) is 0. The van der Waals surface area contributed by atoms with E-state index in [1.54, 1.807) is 13.0 Å². The third kappa shape index (κ3) is 3.60. The van der Waals surface area contributed by atoms with E-state index in [0.29, 0.717) is 12.2 Å². The van der Waals surface area contributed by atoms with Gasteiger partial charge in [-0.2, -0.15) is 0 Å². The number of carbonyl (C=O) groups excluding carboxylic acids is 1. The van der Waals surface area contributed by atoms with E-state index in [9.17, 15) is 9.59 Å².